The maximum Gasteiger partial charge on any atom is 0.306 e. The average molecular weight is 334 g/mol. The summed E-state index contributed by atoms with van der Waals surface area (Å²) >= 11 is 0. The van der Waals surface area contributed by atoms with Crippen molar-refractivity contribution in [2.75, 3.05) is 0 Å². The molecule has 0 aliphatic rings. The van der Waals surface area contributed by atoms with Gasteiger partial charge in [-0.05, 0) is 34.1 Å². The highest BCUT2D eigenvalue weighted by Crippen LogP contribution is 2.29. The standard InChI is InChI=1S/C19H26O5/c1-14(20)23-18(2,3)19(4,5)24-17(22)13-9-12-16(21)15-10-7-6-8-11-15/h6-8,10-11H,9,12-13H2,1-5H3. The number of ketones is 1. The molecular weight excluding hydrogens is 308 g/mol. The third-order valence-electron chi connectivity index (χ3n) is 4.10. The molecule has 1 aromatic carbocycles. The van der Waals surface area contributed by atoms with Gasteiger partial charge in [0, 0.05) is 25.3 Å². The van der Waals surface area contributed by atoms with E-state index in [1.807, 2.05) is 6.07 Å². The van der Waals surface area contributed by atoms with Crippen LogP contribution >= 0.6 is 0 Å². The number of carbonyl (C=O) groups is 3. The topological polar surface area (TPSA) is 69.7 Å². The highest BCUT2D eigenvalue weighted by atomic mass is 16.6. The third kappa shape index (κ3) is 5.80. The van der Waals surface area contributed by atoms with Crippen LogP contribution in [0.2, 0.25) is 0 Å². The molecule has 0 spiro atoms. The predicted octanol–water partition coefficient (Wildman–Crippen LogP) is 3.70. The normalized spacial score (nSPS) is 11.7. The molecule has 0 bridgehead atoms. The van der Waals surface area contributed by atoms with E-state index < -0.39 is 23.1 Å². The Kier molecular flexibility index (Phi) is 6.70. The van der Waals surface area contributed by atoms with Crippen molar-refractivity contribution in [3.05, 3.63) is 35.9 Å². The Morgan fingerprint density at radius 1 is 0.875 bits per heavy atom. The largest absolute Gasteiger partial charge is 0.456 e. The quantitative estimate of drug-likeness (QED) is 0.535. The van der Waals surface area contributed by atoms with E-state index >= 15 is 0 Å². The molecule has 0 heterocycles. The van der Waals surface area contributed by atoms with Crippen molar-refractivity contribution in [2.45, 2.75) is 65.1 Å². The van der Waals surface area contributed by atoms with Gasteiger partial charge in [-0.1, -0.05) is 30.3 Å². The van der Waals surface area contributed by atoms with Gasteiger partial charge in [-0.2, -0.15) is 0 Å². The molecule has 1 rings (SSSR count). The zero-order chi connectivity index (χ0) is 18.4. The summed E-state index contributed by atoms with van der Waals surface area (Å²) in [6, 6.07) is 8.97. The number of hydrogen-bond donors (Lipinski definition) is 0. The van der Waals surface area contributed by atoms with E-state index in [0.717, 1.165) is 0 Å². The molecule has 24 heavy (non-hydrogen) atoms. The first-order valence-electron chi connectivity index (χ1n) is 8.05. The van der Waals surface area contributed by atoms with Gasteiger partial charge in [-0.3, -0.25) is 14.4 Å². The summed E-state index contributed by atoms with van der Waals surface area (Å²) in [4.78, 5) is 35.2. The summed E-state index contributed by atoms with van der Waals surface area (Å²) < 4.78 is 10.7. The van der Waals surface area contributed by atoms with Crippen molar-refractivity contribution < 1.29 is 23.9 Å². The van der Waals surface area contributed by atoms with Crippen LogP contribution in [-0.4, -0.2) is 28.9 Å². The van der Waals surface area contributed by atoms with Crippen molar-refractivity contribution in [2.24, 2.45) is 0 Å². The summed E-state index contributed by atoms with van der Waals surface area (Å²) in [6.45, 7) is 8.10. The Morgan fingerprint density at radius 2 is 1.42 bits per heavy atom. The second kappa shape index (κ2) is 8.08. The van der Waals surface area contributed by atoms with Crippen LogP contribution in [0.5, 0.6) is 0 Å². The maximum atomic E-state index is 12.0. The van der Waals surface area contributed by atoms with Gasteiger partial charge in [0.25, 0.3) is 0 Å². The lowest BCUT2D eigenvalue weighted by atomic mass is 9.89. The molecule has 5 nitrogen and oxygen atoms in total. The summed E-state index contributed by atoms with van der Waals surface area (Å²) in [5.41, 5.74) is -1.28. The molecule has 0 fully saturated rings. The fraction of sp³-hybridized carbons (Fsp3) is 0.526. The van der Waals surface area contributed by atoms with E-state index in [0.29, 0.717) is 12.0 Å². The van der Waals surface area contributed by atoms with E-state index in [2.05, 4.69) is 0 Å². The van der Waals surface area contributed by atoms with E-state index in [-0.39, 0.29) is 18.6 Å². The molecule has 0 aromatic heterocycles. The smallest absolute Gasteiger partial charge is 0.306 e. The van der Waals surface area contributed by atoms with Gasteiger partial charge in [0.2, 0.25) is 0 Å². The van der Waals surface area contributed by atoms with Gasteiger partial charge in [-0.15, -0.1) is 0 Å². The molecule has 0 saturated heterocycles. The second-order valence-corrected chi connectivity index (χ2v) is 6.73. The number of rotatable bonds is 8. The van der Waals surface area contributed by atoms with Gasteiger partial charge < -0.3 is 9.47 Å². The van der Waals surface area contributed by atoms with Gasteiger partial charge in [-0.25, -0.2) is 0 Å². The van der Waals surface area contributed by atoms with Gasteiger partial charge in [0.15, 0.2) is 5.78 Å². The minimum atomic E-state index is -0.973. The number of hydrogen-bond acceptors (Lipinski definition) is 5. The predicted molar refractivity (Wildman–Crippen MR) is 90.6 cm³/mol. The molecule has 1 aromatic rings. The van der Waals surface area contributed by atoms with Gasteiger partial charge in [0.05, 0.1) is 0 Å². The van der Waals surface area contributed by atoms with Gasteiger partial charge >= 0.3 is 11.9 Å². The summed E-state index contributed by atoms with van der Waals surface area (Å²) in [5.74, 6) is -0.846. The minimum Gasteiger partial charge on any atom is -0.456 e. The number of Topliss-reactive ketones (excluding diaryl/α,β-unsaturated/α-hetero) is 1. The van der Waals surface area contributed by atoms with Crippen molar-refractivity contribution >= 4 is 17.7 Å². The minimum absolute atomic E-state index is 0.00269. The van der Waals surface area contributed by atoms with Crippen LogP contribution in [0.4, 0.5) is 0 Å². The Morgan fingerprint density at radius 3 is 1.96 bits per heavy atom. The molecule has 0 saturated carbocycles. The Labute approximate surface area is 143 Å². The maximum absolute atomic E-state index is 12.0. The Balaban J connectivity index is 2.48. The summed E-state index contributed by atoms with van der Waals surface area (Å²) in [7, 11) is 0. The van der Waals surface area contributed by atoms with E-state index in [9.17, 15) is 14.4 Å². The first kappa shape index (κ1) is 19.9. The zero-order valence-electron chi connectivity index (χ0n) is 15.0. The fourth-order valence-electron chi connectivity index (χ4n) is 2.10. The highest BCUT2D eigenvalue weighted by Gasteiger charge is 2.43. The molecule has 0 aliphatic heterocycles. The van der Waals surface area contributed by atoms with E-state index in [1.54, 1.807) is 52.0 Å². The zero-order valence-corrected chi connectivity index (χ0v) is 15.0. The molecular formula is C19H26O5. The lowest BCUT2D eigenvalue weighted by Crippen LogP contribution is -2.51. The van der Waals surface area contributed by atoms with Crippen LogP contribution in [0.1, 0.15) is 64.2 Å². The SMILES string of the molecule is CC(=O)OC(C)(C)C(C)(C)OC(=O)CCCC(=O)c1ccccc1. The van der Waals surface area contributed by atoms with Crippen LogP contribution < -0.4 is 0 Å². The average Bonchev–Trinajstić information content (AvgIpc) is 2.46. The van der Waals surface area contributed by atoms with Crippen molar-refractivity contribution in [1.82, 2.24) is 0 Å². The molecule has 0 N–H and O–H groups in total. The first-order valence-corrected chi connectivity index (χ1v) is 8.05. The molecule has 0 radical (unpaired) electrons. The lowest BCUT2D eigenvalue weighted by Gasteiger charge is -2.39. The van der Waals surface area contributed by atoms with Gasteiger partial charge in [0.1, 0.15) is 11.2 Å². The molecule has 0 aliphatic carbocycles. The van der Waals surface area contributed by atoms with Crippen LogP contribution in [0.25, 0.3) is 0 Å². The van der Waals surface area contributed by atoms with E-state index in [1.165, 1.54) is 6.92 Å². The Bertz CT molecular complexity index is 587. The molecule has 0 amide bonds. The number of esters is 2. The van der Waals surface area contributed by atoms with Crippen LogP contribution in [0.3, 0.4) is 0 Å². The third-order valence-corrected chi connectivity index (χ3v) is 4.10. The van der Waals surface area contributed by atoms with Crippen LogP contribution in [0.15, 0.2) is 30.3 Å². The van der Waals surface area contributed by atoms with E-state index in [4.69, 9.17) is 9.47 Å². The fourth-order valence-corrected chi connectivity index (χ4v) is 2.10. The highest BCUT2D eigenvalue weighted by molar-refractivity contribution is 5.96. The van der Waals surface area contributed by atoms with Crippen LogP contribution in [0, 0.1) is 0 Å². The summed E-state index contributed by atoms with van der Waals surface area (Å²) in [6.07, 6.45) is 0.835. The molecule has 5 heteroatoms. The number of ether oxygens (including phenoxy) is 2. The lowest BCUT2D eigenvalue weighted by molar-refractivity contribution is -0.197. The number of carbonyl (C=O) groups excluding carboxylic acids is 3. The second-order valence-electron chi connectivity index (χ2n) is 6.73. The summed E-state index contributed by atoms with van der Waals surface area (Å²) in [5, 5.41) is 0. The van der Waals surface area contributed by atoms with Crippen molar-refractivity contribution in [3.8, 4) is 0 Å². The first-order chi connectivity index (χ1) is 11.0. The monoisotopic (exact) mass is 334 g/mol. The van der Waals surface area contributed by atoms with Crippen molar-refractivity contribution in [1.29, 1.82) is 0 Å². The molecule has 132 valence electrons. The molecule has 0 unspecified atom stereocenters. The number of benzene rings is 1. The van der Waals surface area contributed by atoms with Crippen LogP contribution in [-0.2, 0) is 19.1 Å². The van der Waals surface area contributed by atoms with Crippen molar-refractivity contribution in [3.63, 3.8) is 0 Å². The Hall–Kier alpha value is -2.17. The molecule has 0 atom stereocenters.